The normalized spacial score (nSPS) is 24.4. The quantitative estimate of drug-likeness (QED) is 0.889. The molecule has 1 aliphatic rings. The molecule has 20 heavy (non-hydrogen) atoms. The van der Waals surface area contributed by atoms with Gasteiger partial charge in [0.2, 0.25) is 0 Å². The van der Waals surface area contributed by atoms with E-state index in [9.17, 15) is 9.50 Å². The number of halogens is 1. The summed E-state index contributed by atoms with van der Waals surface area (Å²) in [4.78, 5) is 2.23. The largest absolute Gasteiger partial charge is 0.389 e. The van der Waals surface area contributed by atoms with Gasteiger partial charge < -0.3 is 10.0 Å². The molecule has 2 rings (SSSR count). The Balaban J connectivity index is 2.15. The molecule has 0 saturated heterocycles. The standard InChI is InChI=1S/C17H26FNO/c1-4-13-5-8-15(9-6-13)19(3)17-10-7-14(18)11-16(17)12(2)20/h7,10-13,15,20H,4-6,8-9H2,1-3H3/t12-,13?,15?/m1/s1. The van der Waals surface area contributed by atoms with Crippen LogP contribution >= 0.6 is 0 Å². The number of aliphatic hydroxyl groups excluding tert-OH is 1. The van der Waals surface area contributed by atoms with E-state index in [0.29, 0.717) is 11.6 Å². The average molecular weight is 279 g/mol. The molecule has 0 unspecified atom stereocenters. The second-order valence-corrected chi connectivity index (χ2v) is 6.07. The zero-order valence-corrected chi connectivity index (χ0v) is 12.8. The number of anilines is 1. The molecular weight excluding hydrogens is 253 g/mol. The number of hydrogen-bond acceptors (Lipinski definition) is 2. The Morgan fingerprint density at radius 1 is 1.30 bits per heavy atom. The lowest BCUT2D eigenvalue weighted by Gasteiger charge is -2.37. The van der Waals surface area contributed by atoms with Crippen LogP contribution in [0.5, 0.6) is 0 Å². The van der Waals surface area contributed by atoms with Gasteiger partial charge in [-0.15, -0.1) is 0 Å². The third-order valence-corrected chi connectivity index (χ3v) is 4.76. The van der Waals surface area contributed by atoms with E-state index in [1.54, 1.807) is 13.0 Å². The monoisotopic (exact) mass is 279 g/mol. The molecule has 2 nitrogen and oxygen atoms in total. The topological polar surface area (TPSA) is 23.5 Å². The summed E-state index contributed by atoms with van der Waals surface area (Å²) in [6, 6.07) is 5.23. The van der Waals surface area contributed by atoms with Gasteiger partial charge in [0.1, 0.15) is 5.82 Å². The van der Waals surface area contributed by atoms with Gasteiger partial charge in [-0.3, -0.25) is 0 Å². The summed E-state index contributed by atoms with van der Waals surface area (Å²) in [5.74, 6) is 0.580. The van der Waals surface area contributed by atoms with Crippen LogP contribution in [0, 0.1) is 11.7 Å². The first-order valence-electron chi connectivity index (χ1n) is 7.73. The Labute approximate surface area is 121 Å². The molecule has 1 aromatic rings. The van der Waals surface area contributed by atoms with Crippen molar-refractivity contribution in [3.63, 3.8) is 0 Å². The Hall–Kier alpha value is -1.09. The molecule has 0 bridgehead atoms. The predicted molar refractivity (Wildman–Crippen MR) is 81.5 cm³/mol. The van der Waals surface area contributed by atoms with Crippen molar-refractivity contribution in [2.75, 3.05) is 11.9 Å². The second kappa shape index (κ2) is 6.57. The highest BCUT2D eigenvalue weighted by molar-refractivity contribution is 5.55. The van der Waals surface area contributed by atoms with Gasteiger partial charge in [-0.05, 0) is 56.7 Å². The van der Waals surface area contributed by atoms with Gasteiger partial charge in [0.15, 0.2) is 0 Å². The lowest BCUT2D eigenvalue weighted by molar-refractivity contribution is 0.199. The number of nitrogens with zero attached hydrogens (tertiary/aromatic N) is 1. The Morgan fingerprint density at radius 2 is 1.95 bits per heavy atom. The molecule has 0 aliphatic heterocycles. The summed E-state index contributed by atoms with van der Waals surface area (Å²) < 4.78 is 13.4. The van der Waals surface area contributed by atoms with Gasteiger partial charge in [-0.2, -0.15) is 0 Å². The van der Waals surface area contributed by atoms with Gasteiger partial charge >= 0.3 is 0 Å². The third-order valence-electron chi connectivity index (χ3n) is 4.76. The molecule has 3 heteroatoms. The second-order valence-electron chi connectivity index (χ2n) is 6.07. The molecular formula is C17H26FNO. The number of hydrogen-bond donors (Lipinski definition) is 1. The summed E-state index contributed by atoms with van der Waals surface area (Å²) in [6.07, 6.45) is 5.55. The minimum absolute atomic E-state index is 0.284. The lowest BCUT2D eigenvalue weighted by atomic mass is 9.84. The molecule has 1 N–H and O–H groups in total. The molecule has 0 aromatic heterocycles. The summed E-state index contributed by atoms with van der Waals surface area (Å²) in [7, 11) is 2.07. The zero-order valence-electron chi connectivity index (χ0n) is 12.8. The van der Waals surface area contributed by atoms with E-state index in [-0.39, 0.29) is 5.82 Å². The van der Waals surface area contributed by atoms with E-state index in [4.69, 9.17) is 0 Å². The molecule has 1 aliphatic carbocycles. The van der Waals surface area contributed by atoms with Crippen molar-refractivity contribution in [3.8, 4) is 0 Å². The minimum atomic E-state index is -0.643. The van der Waals surface area contributed by atoms with Crippen molar-refractivity contribution in [3.05, 3.63) is 29.6 Å². The maximum atomic E-state index is 13.4. The van der Waals surface area contributed by atoms with Gasteiger partial charge in [0, 0.05) is 24.3 Å². The molecule has 112 valence electrons. The van der Waals surface area contributed by atoms with Crippen LogP contribution in [0.25, 0.3) is 0 Å². The molecule has 1 saturated carbocycles. The fraction of sp³-hybridized carbons (Fsp3) is 0.647. The predicted octanol–water partition coefficient (Wildman–Crippen LogP) is 4.28. The molecule has 0 heterocycles. The van der Waals surface area contributed by atoms with Crippen LogP contribution in [-0.4, -0.2) is 18.2 Å². The van der Waals surface area contributed by atoms with E-state index >= 15 is 0 Å². The Morgan fingerprint density at radius 3 is 2.50 bits per heavy atom. The Bertz CT molecular complexity index is 439. The fourth-order valence-corrected chi connectivity index (χ4v) is 3.32. The van der Waals surface area contributed by atoms with Crippen LogP contribution in [0.1, 0.15) is 57.6 Å². The molecule has 1 atom stereocenters. The van der Waals surface area contributed by atoms with Crippen molar-refractivity contribution in [1.82, 2.24) is 0 Å². The SMILES string of the molecule is CCC1CCC(N(C)c2ccc(F)cc2[C@@H](C)O)CC1. The van der Waals surface area contributed by atoms with Crippen molar-refractivity contribution < 1.29 is 9.50 Å². The molecule has 0 radical (unpaired) electrons. The van der Waals surface area contributed by atoms with Crippen LogP contribution in [0.4, 0.5) is 10.1 Å². The fourth-order valence-electron chi connectivity index (χ4n) is 3.32. The van der Waals surface area contributed by atoms with Gasteiger partial charge in [-0.1, -0.05) is 13.3 Å². The number of rotatable bonds is 4. The van der Waals surface area contributed by atoms with Crippen LogP contribution in [0.2, 0.25) is 0 Å². The van der Waals surface area contributed by atoms with Crippen LogP contribution in [0.3, 0.4) is 0 Å². The zero-order chi connectivity index (χ0) is 14.7. The molecule has 1 aromatic carbocycles. The number of benzene rings is 1. The third kappa shape index (κ3) is 3.32. The summed E-state index contributed by atoms with van der Waals surface area (Å²) in [6.45, 7) is 3.96. The molecule has 1 fully saturated rings. The average Bonchev–Trinajstić information content (AvgIpc) is 2.46. The van der Waals surface area contributed by atoms with E-state index in [1.807, 2.05) is 0 Å². The van der Waals surface area contributed by atoms with Crippen LogP contribution < -0.4 is 4.90 Å². The first kappa shape index (κ1) is 15.3. The first-order valence-corrected chi connectivity index (χ1v) is 7.73. The highest BCUT2D eigenvalue weighted by atomic mass is 19.1. The summed E-state index contributed by atoms with van der Waals surface area (Å²) in [5.41, 5.74) is 1.64. The molecule has 0 spiro atoms. The van der Waals surface area contributed by atoms with Crippen molar-refractivity contribution >= 4 is 5.69 Å². The van der Waals surface area contributed by atoms with Crippen molar-refractivity contribution in [2.24, 2.45) is 5.92 Å². The van der Waals surface area contributed by atoms with E-state index in [2.05, 4.69) is 18.9 Å². The number of aliphatic hydroxyl groups is 1. The van der Waals surface area contributed by atoms with Crippen molar-refractivity contribution in [2.45, 2.75) is 58.1 Å². The first-order chi connectivity index (χ1) is 9.52. The summed E-state index contributed by atoms with van der Waals surface area (Å²) >= 11 is 0. The Kier molecular flexibility index (Phi) is 5.03. The van der Waals surface area contributed by atoms with Gasteiger partial charge in [0.25, 0.3) is 0 Å². The molecule has 0 amide bonds. The van der Waals surface area contributed by atoms with Crippen molar-refractivity contribution in [1.29, 1.82) is 0 Å². The van der Waals surface area contributed by atoms with Gasteiger partial charge in [0.05, 0.1) is 6.10 Å². The van der Waals surface area contributed by atoms with E-state index < -0.39 is 6.10 Å². The maximum Gasteiger partial charge on any atom is 0.123 e. The minimum Gasteiger partial charge on any atom is -0.389 e. The highest BCUT2D eigenvalue weighted by Gasteiger charge is 2.25. The summed E-state index contributed by atoms with van der Waals surface area (Å²) in [5, 5.41) is 9.86. The van der Waals surface area contributed by atoms with Gasteiger partial charge in [-0.25, -0.2) is 4.39 Å². The highest BCUT2D eigenvalue weighted by Crippen LogP contribution is 2.34. The van der Waals surface area contributed by atoms with E-state index in [1.165, 1.54) is 44.2 Å². The van der Waals surface area contributed by atoms with Crippen LogP contribution in [-0.2, 0) is 0 Å². The lowest BCUT2D eigenvalue weighted by Crippen LogP contribution is -2.35. The maximum absolute atomic E-state index is 13.4. The van der Waals surface area contributed by atoms with Crippen LogP contribution in [0.15, 0.2) is 18.2 Å². The smallest absolute Gasteiger partial charge is 0.123 e. The van der Waals surface area contributed by atoms with E-state index in [0.717, 1.165) is 11.6 Å².